The van der Waals surface area contributed by atoms with Gasteiger partial charge in [0.15, 0.2) is 5.65 Å². The first-order valence-electron chi connectivity index (χ1n) is 12.0. The van der Waals surface area contributed by atoms with Crippen LogP contribution in [0.3, 0.4) is 0 Å². The van der Waals surface area contributed by atoms with E-state index in [9.17, 15) is 14.3 Å². The number of rotatable bonds is 5. The van der Waals surface area contributed by atoms with Gasteiger partial charge in [0.1, 0.15) is 29.4 Å². The maximum absolute atomic E-state index is 14.2. The van der Waals surface area contributed by atoms with Crippen LogP contribution in [0.15, 0.2) is 90.4 Å². The monoisotopic (exact) mass is 520 g/mol. The molecule has 0 saturated carbocycles. The third kappa shape index (κ3) is 4.15. The van der Waals surface area contributed by atoms with Crippen LogP contribution in [0.5, 0.6) is 5.75 Å². The van der Waals surface area contributed by atoms with Crippen molar-refractivity contribution in [1.82, 2.24) is 34.5 Å². The predicted octanol–water partition coefficient (Wildman–Crippen LogP) is 4.14. The molecule has 39 heavy (non-hydrogen) atoms. The predicted molar refractivity (Wildman–Crippen MR) is 144 cm³/mol. The number of halogens is 1. The number of pyridine rings is 1. The van der Waals surface area contributed by atoms with E-state index < -0.39 is 11.9 Å². The van der Waals surface area contributed by atoms with Gasteiger partial charge in [-0.2, -0.15) is 14.9 Å². The first-order chi connectivity index (χ1) is 18.9. The lowest BCUT2D eigenvalue weighted by Crippen LogP contribution is -2.26. The molecule has 0 saturated heterocycles. The van der Waals surface area contributed by atoms with E-state index in [4.69, 9.17) is 10.8 Å². The summed E-state index contributed by atoms with van der Waals surface area (Å²) in [6.45, 7) is 1.86. The Morgan fingerprint density at radius 3 is 2.56 bits per heavy atom. The normalized spacial score (nSPS) is 12.1. The molecule has 6 rings (SSSR count). The number of hydrogen-bond acceptors (Lipinski definition) is 8. The van der Waals surface area contributed by atoms with Crippen molar-refractivity contribution >= 4 is 16.9 Å². The summed E-state index contributed by atoms with van der Waals surface area (Å²) in [5.74, 6) is -0.748. The lowest BCUT2D eigenvalue weighted by molar-refractivity contribution is 0.469. The molecule has 0 fully saturated rings. The number of hydrogen-bond donors (Lipinski definition) is 2. The van der Waals surface area contributed by atoms with E-state index in [-0.39, 0.29) is 17.1 Å². The summed E-state index contributed by atoms with van der Waals surface area (Å²) in [5, 5.41) is 19.6. The van der Waals surface area contributed by atoms with E-state index in [0.717, 1.165) is 6.07 Å². The zero-order chi connectivity index (χ0) is 27.1. The van der Waals surface area contributed by atoms with Crippen molar-refractivity contribution in [2.24, 2.45) is 0 Å². The smallest absolute Gasteiger partial charge is 0.279 e. The zero-order valence-electron chi connectivity index (χ0n) is 20.6. The quantitative estimate of drug-likeness (QED) is 0.346. The van der Waals surface area contributed by atoms with E-state index in [1.165, 1.54) is 23.1 Å². The number of benzene rings is 2. The molecule has 4 heterocycles. The van der Waals surface area contributed by atoms with Crippen molar-refractivity contribution in [3.63, 3.8) is 0 Å². The minimum absolute atomic E-state index is 0.144. The molecular weight excluding hydrogens is 499 g/mol. The molecule has 0 spiro atoms. The summed E-state index contributed by atoms with van der Waals surface area (Å²) in [7, 11) is 0. The van der Waals surface area contributed by atoms with Crippen LogP contribution >= 0.6 is 0 Å². The van der Waals surface area contributed by atoms with Crippen molar-refractivity contribution in [1.29, 1.82) is 0 Å². The average Bonchev–Trinajstić information content (AvgIpc) is 3.34. The number of phenolic OH excluding ortho intramolecular Hbond substituents is 1. The van der Waals surface area contributed by atoms with E-state index in [1.54, 1.807) is 35.4 Å². The Kier molecular flexibility index (Phi) is 5.80. The molecule has 2 aromatic carbocycles. The van der Waals surface area contributed by atoms with Gasteiger partial charge in [0.25, 0.3) is 5.56 Å². The third-order valence-corrected chi connectivity index (χ3v) is 6.45. The van der Waals surface area contributed by atoms with Crippen molar-refractivity contribution < 1.29 is 9.50 Å². The van der Waals surface area contributed by atoms with Crippen LogP contribution < -0.4 is 11.3 Å². The number of nitrogen functional groups attached to an aromatic ring is 1. The van der Waals surface area contributed by atoms with Crippen LogP contribution in [0.25, 0.3) is 39.1 Å². The SMILES string of the molecule is CC(c1cnn(-c2cccnc2)c(=O)c1-c1ccccc1)n1nc(-c2cc(O)cc(F)c2)c2c(N)ncnc21. The highest BCUT2D eigenvalue weighted by atomic mass is 19.1. The minimum atomic E-state index is -0.634. The molecular formula is C28H21FN8O2. The first kappa shape index (κ1) is 23.9. The maximum atomic E-state index is 14.2. The van der Waals surface area contributed by atoms with E-state index >= 15 is 0 Å². The highest BCUT2D eigenvalue weighted by Crippen LogP contribution is 2.36. The fourth-order valence-corrected chi connectivity index (χ4v) is 4.65. The summed E-state index contributed by atoms with van der Waals surface area (Å²) in [6.07, 6.45) is 6.11. The topological polar surface area (TPSA) is 138 Å². The second-order valence-corrected chi connectivity index (χ2v) is 8.89. The van der Waals surface area contributed by atoms with Gasteiger partial charge in [-0.05, 0) is 36.8 Å². The van der Waals surface area contributed by atoms with Gasteiger partial charge in [-0.1, -0.05) is 30.3 Å². The number of fused-ring (bicyclic) bond motifs is 1. The Bertz CT molecular complexity index is 1870. The largest absolute Gasteiger partial charge is 0.508 e. The van der Waals surface area contributed by atoms with Gasteiger partial charge >= 0.3 is 0 Å². The summed E-state index contributed by atoms with van der Waals surface area (Å²) >= 11 is 0. The molecule has 4 aromatic heterocycles. The van der Waals surface area contributed by atoms with Gasteiger partial charge in [0.2, 0.25) is 0 Å². The summed E-state index contributed by atoms with van der Waals surface area (Å²) in [5.41, 5.74) is 9.10. The molecule has 0 aliphatic rings. The van der Waals surface area contributed by atoms with Crippen molar-refractivity contribution in [3.05, 3.63) is 107 Å². The van der Waals surface area contributed by atoms with E-state index in [2.05, 4.69) is 20.1 Å². The fourth-order valence-electron chi connectivity index (χ4n) is 4.65. The second-order valence-electron chi connectivity index (χ2n) is 8.89. The number of aromatic nitrogens is 7. The first-order valence-corrected chi connectivity index (χ1v) is 12.0. The van der Waals surface area contributed by atoms with Gasteiger partial charge in [-0.15, -0.1) is 0 Å². The molecule has 1 unspecified atom stereocenters. The van der Waals surface area contributed by atoms with E-state index in [1.807, 2.05) is 37.3 Å². The highest BCUT2D eigenvalue weighted by Gasteiger charge is 2.25. The number of nitrogens with zero attached hydrogens (tertiary/aromatic N) is 7. The van der Waals surface area contributed by atoms with Gasteiger partial charge < -0.3 is 10.8 Å². The highest BCUT2D eigenvalue weighted by molar-refractivity contribution is 5.98. The number of anilines is 1. The summed E-state index contributed by atoms with van der Waals surface area (Å²) in [4.78, 5) is 26.5. The molecule has 1 atom stereocenters. The third-order valence-electron chi connectivity index (χ3n) is 6.45. The fraction of sp³-hybridized carbons (Fsp3) is 0.0714. The molecule has 11 heteroatoms. The molecule has 3 N–H and O–H groups in total. The summed E-state index contributed by atoms with van der Waals surface area (Å²) < 4.78 is 17.1. The molecule has 10 nitrogen and oxygen atoms in total. The van der Waals surface area contributed by atoms with Crippen molar-refractivity contribution in [3.8, 4) is 33.8 Å². The standard InChI is InChI=1S/C28H21FN8O2/c1-16(36-27-24(26(30)32-15-33-27)25(35-36)18-10-19(29)12-21(38)11-18)22-14-34-37(20-8-5-9-31-13-20)28(39)23(22)17-6-3-2-4-7-17/h2-16,38H,1H3,(H2,30,32,33). The molecule has 6 aromatic rings. The molecule has 192 valence electrons. The van der Waals surface area contributed by atoms with Crippen LogP contribution in [0.1, 0.15) is 18.5 Å². The second kappa shape index (κ2) is 9.45. The van der Waals surface area contributed by atoms with Crippen molar-refractivity contribution in [2.75, 3.05) is 5.73 Å². The molecule has 0 amide bonds. The van der Waals surface area contributed by atoms with Crippen LogP contribution in [-0.4, -0.2) is 39.6 Å². The Morgan fingerprint density at radius 1 is 1.00 bits per heavy atom. The molecule has 0 aliphatic carbocycles. The lowest BCUT2D eigenvalue weighted by atomic mass is 9.98. The Labute approximate surface area is 220 Å². The van der Waals surface area contributed by atoms with Gasteiger partial charge in [-0.3, -0.25) is 9.78 Å². The molecule has 0 bridgehead atoms. The minimum Gasteiger partial charge on any atom is -0.508 e. The number of nitrogens with two attached hydrogens (primary N) is 1. The van der Waals surface area contributed by atoms with Gasteiger partial charge in [0.05, 0.1) is 35.1 Å². The Hall–Kier alpha value is -5.45. The zero-order valence-corrected chi connectivity index (χ0v) is 20.6. The van der Waals surface area contributed by atoms with Gasteiger partial charge in [0, 0.05) is 23.4 Å². The number of phenols is 1. The maximum Gasteiger partial charge on any atom is 0.279 e. The van der Waals surface area contributed by atoms with Crippen LogP contribution in [0.2, 0.25) is 0 Å². The Morgan fingerprint density at radius 2 is 1.82 bits per heavy atom. The van der Waals surface area contributed by atoms with Crippen molar-refractivity contribution in [2.45, 2.75) is 13.0 Å². The van der Waals surface area contributed by atoms with E-state index in [0.29, 0.717) is 44.7 Å². The lowest BCUT2D eigenvalue weighted by Gasteiger charge is -2.18. The van der Waals surface area contributed by atoms with Gasteiger partial charge in [-0.25, -0.2) is 19.0 Å². The number of aromatic hydroxyl groups is 1. The van der Waals surface area contributed by atoms with Crippen LogP contribution in [-0.2, 0) is 0 Å². The molecule has 0 radical (unpaired) electrons. The molecule has 0 aliphatic heterocycles. The summed E-state index contributed by atoms with van der Waals surface area (Å²) in [6, 6.07) is 15.8. The Balaban J connectivity index is 1.59. The average molecular weight is 521 g/mol. The van der Waals surface area contributed by atoms with Crippen LogP contribution in [0.4, 0.5) is 10.2 Å². The van der Waals surface area contributed by atoms with Crippen LogP contribution in [0, 0.1) is 5.82 Å².